The third-order valence-corrected chi connectivity index (χ3v) is 14.8. The standard InChI is InChI=1S/C62H41NO/c1-3-19-40(20-4-1)61(49-28-12-7-23-43(49)44-24-8-13-29-50(44)61)55-34-18-36-57-60(55)48-38-37-42(39-58(48)64-57)63(41-21-5-2-6-22-41)56-35-17-33-54-59(56)47-27-11-16-32-53(47)62(54)51-30-14-9-25-45(51)46-26-10-15-31-52(46)62/h1-10,12-26,28-39H,11,27H2. The zero-order valence-electron chi connectivity index (χ0n) is 35.1. The Morgan fingerprint density at radius 1 is 0.422 bits per heavy atom. The van der Waals surface area contributed by atoms with Gasteiger partial charge in [0.15, 0.2) is 0 Å². The molecular weight excluding hydrogens is 775 g/mol. The van der Waals surface area contributed by atoms with E-state index in [0.717, 1.165) is 46.2 Å². The number of fused-ring (bicyclic) bond motifs is 15. The Labute approximate surface area is 372 Å². The summed E-state index contributed by atoms with van der Waals surface area (Å²) in [6.07, 6.45) is 6.84. The minimum Gasteiger partial charge on any atom is -0.456 e. The molecule has 2 nitrogen and oxygen atoms in total. The number of nitrogens with zero attached hydrogens (tertiary/aromatic N) is 1. The van der Waals surface area contributed by atoms with Crippen molar-refractivity contribution in [1.29, 1.82) is 0 Å². The van der Waals surface area contributed by atoms with Crippen molar-refractivity contribution in [3.63, 3.8) is 0 Å². The summed E-state index contributed by atoms with van der Waals surface area (Å²) in [4.78, 5) is 2.47. The summed E-state index contributed by atoms with van der Waals surface area (Å²) in [6.45, 7) is 0. The molecule has 0 bridgehead atoms. The summed E-state index contributed by atoms with van der Waals surface area (Å²) >= 11 is 0. The van der Waals surface area contributed by atoms with E-state index in [1.165, 1.54) is 83.6 Å². The molecule has 300 valence electrons. The largest absolute Gasteiger partial charge is 0.456 e. The first-order valence-electron chi connectivity index (χ1n) is 22.6. The van der Waals surface area contributed by atoms with E-state index in [9.17, 15) is 0 Å². The molecule has 0 amide bonds. The van der Waals surface area contributed by atoms with Crippen LogP contribution in [0.2, 0.25) is 0 Å². The molecule has 1 spiro atoms. The molecule has 10 aromatic rings. The van der Waals surface area contributed by atoms with Crippen molar-refractivity contribution in [1.82, 2.24) is 0 Å². The summed E-state index contributed by atoms with van der Waals surface area (Å²) in [5.41, 5.74) is 22.8. The van der Waals surface area contributed by atoms with Crippen LogP contribution in [0.4, 0.5) is 17.1 Å². The fourth-order valence-corrected chi connectivity index (χ4v) is 12.5. The Morgan fingerprint density at radius 3 is 1.62 bits per heavy atom. The molecule has 4 aliphatic rings. The van der Waals surface area contributed by atoms with Crippen molar-refractivity contribution in [2.75, 3.05) is 4.90 Å². The fourth-order valence-electron chi connectivity index (χ4n) is 12.5. The van der Waals surface area contributed by atoms with Crippen molar-refractivity contribution in [3.05, 3.63) is 275 Å². The minimum absolute atomic E-state index is 0.390. The molecule has 0 N–H and O–H groups in total. The van der Waals surface area contributed by atoms with Crippen molar-refractivity contribution in [2.45, 2.75) is 23.7 Å². The van der Waals surface area contributed by atoms with Crippen molar-refractivity contribution in [3.8, 4) is 22.3 Å². The van der Waals surface area contributed by atoms with Crippen molar-refractivity contribution >= 4 is 44.6 Å². The van der Waals surface area contributed by atoms with Gasteiger partial charge in [-0.1, -0.05) is 182 Å². The van der Waals surface area contributed by atoms with E-state index < -0.39 is 10.8 Å². The van der Waals surface area contributed by atoms with Crippen LogP contribution in [0.25, 0.3) is 49.8 Å². The number of furan rings is 1. The van der Waals surface area contributed by atoms with E-state index in [4.69, 9.17) is 4.42 Å². The maximum absolute atomic E-state index is 7.06. The second kappa shape index (κ2) is 13.3. The van der Waals surface area contributed by atoms with E-state index in [1.54, 1.807) is 0 Å². The van der Waals surface area contributed by atoms with Crippen LogP contribution >= 0.6 is 0 Å². The molecule has 4 aliphatic carbocycles. The Bertz CT molecular complexity index is 3530. The van der Waals surface area contributed by atoms with Gasteiger partial charge >= 0.3 is 0 Å². The van der Waals surface area contributed by atoms with Gasteiger partial charge in [-0.2, -0.15) is 0 Å². The molecule has 0 unspecified atom stereocenters. The number of anilines is 3. The monoisotopic (exact) mass is 815 g/mol. The highest BCUT2D eigenvalue weighted by atomic mass is 16.3. The number of hydrogen-bond acceptors (Lipinski definition) is 2. The van der Waals surface area contributed by atoms with Crippen molar-refractivity contribution in [2.24, 2.45) is 0 Å². The predicted molar refractivity (Wildman–Crippen MR) is 263 cm³/mol. The number of para-hydroxylation sites is 1. The summed E-state index contributed by atoms with van der Waals surface area (Å²) in [5.74, 6) is 0. The third kappa shape index (κ3) is 4.49. The molecule has 0 radical (unpaired) electrons. The first-order valence-corrected chi connectivity index (χ1v) is 22.6. The summed E-state index contributed by atoms with van der Waals surface area (Å²) < 4.78 is 7.06. The Morgan fingerprint density at radius 2 is 0.969 bits per heavy atom. The number of allylic oxidation sites excluding steroid dienone is 4. The lowest BCUT2D eigenvalue weighted by molar-refractivity contribution is 0.667. The highest BCUT2D eigenvalue weighted by Gasteiger charge is 2.53. The molecule has 0 fully saturated rings. The zero-order valence-corrected chi connectivity index (χ0v) is 35.1. The molecule has 0 saturated carbocycles. The molecular formula is C62H41NO. The first kappa shape index (κ1) is 35.6. The van der Waals surface area contributed by atoms with Crippen LogP contribution < -0.4 is 4.90 Å². The van der Waals surface area contributed by atoms with Crippen LogP contribution in [0.15, 0.2) is 234 Å². The van der Waals surface area contributed by atoms with Crippen LogP contribution in [0.3, 0.4) is 0 Å². The van der Waals surface area contributed by atoms with E-state index in [2.05, 4.69) is 229 Å². The number of benzene rings is 9. The SMILES string of the molecule is C1=CC2=C(CC1)c1c(N(c3ccccc3)c3ccc4c(c3)oc3cccc(C5(c6ccccc6)c6ccccc6-c6ccccc65)c34)cccc1C21c2ccccc2-c2ccccc21. The zero-order chi connectivity index (χ0) is 42.0. The van der Waals surface area contributed by atoms with Crippen LogP contribution in [-0.4, -0.2) is 0 Å². The van der Waals surface area contributed by atoms with Crippen LogP contribution in [0, 0.1) is 0 Å². The second-order valence-electron chi connectivity index (χ2n) is 17.7. The van der Waals surface area contributed by atoms with Gasteiger partial charge < -0.3 is 9.32 Å². The van der Waals surface area contributed by atoms with Gasteiger partial charge in [-0.15, -0.1) is 0 Å². The summed E-state index contributed by atoms with van der Waals surface area (Å²) in [6, 6.07) is 78.6. The summed E-state index contributed by atoms with van der Waals surface area (Å²) in [5, 5.41) is 2.26. The molecule has 1 aromatic heterocycles. The van der Waals surface area contributed by atoms with Crippen LogP contribution in [0.1, 0.15) is 57.3 Å². The van der Waals surface area contributed by atoms with Gasteiger partial charge in [0.1, 0.15) is 11.2 Å². The molecule has 1 heterocycles. The van der Waals surface area contributed by atoms with E-state index >= 15 is 0 Å². The maximum Gasteiger partial charge on any atom is 0.137 e. The molecule has 0 saturated heterocycles. The Kier molecular flexibility index (Phi) is 7.40. The van der Waals surface area contributed by atoms with Gasteiger partial charge in [-0.25, -0.2) is 0 Å². The number of rotatable bonds is 5. The van der Waals surface area contributed by atoms with Crippen molar-refractivity contribution < 1.29 is 4.42 Å². The van der Waals surface area contributed by atoms with Crippen LogP contribution in [0.5, 0.6) is 0 Å². The van der Waals surface area contributed by atoms with Gasteiger partial charge in [0, 0.05) is 33.8 Å². The van der Waals surface area contributed by atoms with Gasteiger partial charge in [0.2, 0.25) is 0 Å². The lowest BCUT2D eigenvalue weighted by Gasteiger charge is -2.34. The Balaban J connectivity index is 1.01. The molecule has 14 rings (SSSR count). The average Bonchev–Trinajstić information content (AvgIpc) is 4.08. The van der Waals surface area contributed by atoms with E-state index in [0.29, 0.717) is 0 Å². The molecule has 64 heavy (non-hydrogen) atoms. The predicted octanol–water partition coefficient (Wildman–Crippen LogP) is 15.9. The molecule has 0 atom stereocenters. The highest BCUT2D eigenvalue weighted by molar-refractivity contribution is 6.10. The average molecular weight is 816 g/mol. The van der Waals surface area contributed by atoms with E-state index in [-0.39, 0.29) is 0 Å². The quantitative estimate of drug-likeness (QED) is 0.172. The lowest BCUT2D eigenvalue weighted by Crippen LogP contribution is -2.28. The molecule has 2 heteroatoms. The second-order valence-corrected chi connectivity index (χ2v) is 17.7. The van der Waals surface area contributed by atoms with Gasteiger partial charge in [-0.3, -0.25) is 0 Å². The molecule has 9 aromatic carbocycles. The topological polar surface area (TPSA) is 16.4 Å². The van der Waals surface area contributed by atoms with E-state index in [1.807, 2.05) is 0 Å². The third-order valence-electron chi connectivity index (χ3n) is 14.8. The smallest absolute Gasteiger partial charge is 0.137 e. The maximum atomic E-state index is 7.06. The number of hydrogen-bond donors (Lipinski definition) is 0. The molecule has 0 aliphatic heterocycles. The van der Waals surface area contributed by atoms with Crippen LogP contribution in [-0.2, 0) is 10.8 Å². The summed E-state index contributed by atoms with van der Waals surface area (Å²) in [7, 11) is 0. The minimum atomic E-state index is -0.544. The fraction of sp³-hybridized carbons (Fsp3) is 0.0645. The normalized spacial score (nSPS) is 15.5. The van der Waals surface area contributed by atoms with Gasteiger partial charge in [-0.05, 0) is 122 Å². The highest BCUT2D eigenvalue weighted by Crippen LogP contribution is 2.65. The first-order chi connectivity index (χ1) is 31.8. The lowest BCUT2D eigenvalue weighted by atomic mass is 9.66. The van der Waals surface area contributed by atoms with Gasteiger partial charge in [0.05, 0.1) is 16.5 Å². The Hall–Kier alpha value is -7.94. The van der Waals surface area contributed by atoms with Gasteiger partial charge in [0.25, 0.3) is 0 Å².